The van der Waals surface area contributed by atoms with Crippen LogP contribution in [0.2, 0.25) is 0 Å². The lowest BCUT2D eigenvalue weighted by Gasteiger charge is -2.18. The van der Waals surface area contributed by atoms with Crippen molar-refractivity contribution in [3.05, 3.63) is 34.6 Å². The molecule has 0 radical (unpaired) electrons. The topological polar surface area (TPSA) is 64.0 Å². The Morgan fingerprint density at radius 1 is 1.35 bits per heavy atom. The summed E-state index contributed by atoms with van der Waals surface area (Å²) in [5.41, 5.74) is 0.714. The van der Waals surface area contributed by atoms with Gasteiger partial charge in [0.15, 0.2) is 5.16 Å². The number of benzene rings is 1. The fraction of sp³-hybridized carbons (Fsp3) is 0.471. The van der Waals surface area contributed by atoms with Gasteiger partial charge in [0.05, 0.1) is 16.7 Å². The van der Waals surface area contributed by atoms with Crippen molar-refractivity contribution in [2.75, 3.05) is 12.3 Å². The van der Waals surface area contributed by atoms with Crippen molar-refractivity contribution in [2.45, 2.75) is 43.8 Å². The van der Waals surface area contributed by atoms with Gasteiger partial charge in [-0.1, -0.05) is 36.7 Å². The number of fused-ring (bicyclic) bond motifs is 1. The smallest absolute Gasteiger partial charge is 0.262 e. The monoisotopic (exact) mass is 331 g/mol. The molecule has 0 bridgehead atoms. The van der Waals surface area contributed by atoms with E-state index in [1.807, 2.05) is 35.8 Å². The van der Waals surface area contributed by atoms with Crippen molar-refractivity contribution in [3.63, 3.8) is 0 Å². The standard InChI is InChI=1S/C17H21N3O2S/c1-2-18-15(21)11-23-17-19-14-10-6-5-9-13(14)16(22)20(17)12-7-3-4-8-12/h5-6,9-10,12H,2-4,7-8,11H2,1H3,(H,18,21). The molecule has 122 valence electrons. The number of aromatic nitrogens is 2. The first-order valence-corrected chi connectivity index (χ1v) is 9.10. The van der Waals surface area contributed by atoms with E-state index < -0.39 is 0 Å². The quantitative estimate of drug-likeness (QED) is 0.676. The van der Waals surface area contributed by atoms with Crippen molar-refractivity contribution >= 4 is 28.6 Å². The highest BCUT2D eigenvalue weighted by atomic mass is 32.2. The van der Waals surface area contributed by atoms with Crippen LogP contribution in [0.15, 0.2) is 34.2 Å². The lowest BCUT2D eigenvalue weighted by molar-refractivity contribution is -0.118. The average molecular weight is 331 g/mol. The van der Waals surface area contributed by atoms with Gasteiger partial charge in [0.2, 0.25) is 5.91 Å². The Labute approximate surface area is 139 Å². The SMILES string of the molecule is CCNC(=O)CSc1nc2ccccc2c(=O)n1C1CCCC1. The van der Waals surface area contributed by atoms with Gasteiger partial charge in [-0.2, -0.15) is 0 Å². The molecule has 0 spiro atoms. The van der Waals surface area contributed by atoms with Gasteiger partial charge < -0.3 is 5.32 Å². The third-order valence-corrected chi connectivity index (χ3v) is 5.12. The number of carbonyl (C=O) groups excluding carboxylic acids is 1. The molecule has 1 saturated carbocycles. The molecule has 6 heteroatoms. The summed E-state index contributed by atoms with van der Waals surface area (Å²) in [7, 11) is 0. The maximum atomic E-state index is 12.9. The van der Waals surface area contributed by atoms with Gasteiger partial charge >= 0.3 is 0 Å². The van der Waals surface area contributed by atoms with Gasteiger partial charge in [-0.25, -0.2) is 4.98 Å². The maximum absolute atomic E-state index is 12.9. The zero-order valence-electron chi connectivity index (χ0n) is 13.2. The Morgan fingerprint density at radius 3 is 2.83 bits per heavy atom. The molecule has 23 heavy (non-hydrogen) atoms. The molecule has 5 nitrogen and oxygen atoms in total. The Bertz CT molecular complexity index is 766. The Hall–Kier alpha value is -1.82. The Balaban J connectivity index is 2.01. The van der Waals surface area contributed by atoms with E-state index in [0.717, 1.165) is 25.7 Å². The Kier molecular flexibility index (Phi) is 5.00. The first-order chi connectivity index (χ1) is 11.2. The molecular formula is C17H21N3O2S. The molecule has 1 fully saturated rings. The van der Waals surface area contributed by atoms with E-state index in [-0.39, 0.29) is 23.3 Å². The minimum Gasteiger partial charge on any atom is -0.356 e. The highest BCUT2D eigenvalue weighted by Gasteiger charge is 2.23. The molecule has 1 aliphatic carbocycles. The van der Waals surface area contributed by atoms with Crippen LogP contribution >= 0.6 is 11.8 Å². The molecular weight excluding hydrogens is 310 g/mol. The lowest BCUT2D eigenvalue weighted by Crippen LogP contribution is -2.28. The zero-order chi connectivity index (χ0) is 16.2. The van der Waals surface area contributed by atoms with Crippen LogP contribution in [0.4, 0.5) is 0 Å². The van der Waals surface area contributed by atoms with E-state index in [0.29, 0.717) is 22.6 Å². The lowest BCUT2D eigenvalue weighted by atomic mass is 10.2. The van der Waals surface area contributed by atoms with E-state index in [4.69, 9.17) is 0 Å². The number of amides is 1. The minimum atomic E-state index is -0.0297. The number of nitrogens with one attached hydrogen (secondary N) is 1. The molecule has 3 rings (SSSR count). The van der Waals surface area contributed by atoms with E-state index in [1.54, 1.807) is 0 Å². The van der Waals surface area contributed by atoms with Crippen LogP contribution in [0.3, 0.4) is 0 Å². The van der Waals surface area contributed by atoms with Crippen molar-refractivity contribution in [3.8, 4) is 0 Å². The van der Waals surface area contributed by atoms with Gasteiger partial charge in [-0.15, -0.1) is 0 Å². The summed E-state index contributed by atoms with van der Waals surface area (Å²) in [5, 5.41) is 4.10. The number of carbonyl (C=O) groups is 1. The van der Waals surface area contributed by atoms with Gasteiger partial charge in [-0.05, 0) is 31.9 Å². The third kappa shape index (κ3) is 3.42. The maximum Gasteiger partial charge on any atom is 0.262 e. The predicted molar refractivity (Wildman–Crippen MR) is 92.9 cm³/mol. The molecule has 0 aliphatic heterocycles. The van der Waals surface area contributed by atoms with Crippen LogP contribution in [-0.4, -0.2) is 27.8 Å². The molecule has 2 aromatic rings. The molecule has 1 amide bonds. The highest BCUT2D eigenvalue weighted by Crippen LogP contribution is 2.32. The first-order valence-electron chi connectivity index (χ1n) is 8.11. The molecule has 1 aliphatic rings. The first kappa shape index (κ1) is 16.1. The summed E-state index contributed by atoms with van der Waals surface area (Å²) in [6.07, 6.45) is 4.30. The average Bonchev–Trinajstić information content (AvgIpc) is 3.07. The van der Waals surface area contributed by atoms with Crippen molar-refractivity contribution < 1.29 is 4.79 Å². The summed E-state index contributed by atoms with van der Waals surface area (Å²) in [4.78, 5) is 29.3. The van der Waals surface area contributed by atoms with Crippen molar-refractivity contribution in [1.29, 1.82) is 0 Å². The fourth-order valence-electron chi connectivity index (χ4n) is 3.09. The fourth-order valence-corrected chi connectivity index (χ4v) is 3.99. The Morgan fingerprint density at radius 2 is 2.09 bits per heavy atom. The second kappa shape index (κ2) is 7.17. The van der Waals surface area contributed by atoms with Crippen LogP contribution < -0.4 is 10.9 Å². The molecule has 0 atom stereocenters. The third-order valence-electron chi connectivity index (χ3n) is 4.17. The number of nitrogens with zero attached hydrogens (tertiary/aromatic N) is 2. The van der Waals surface area contributed by atoms with E-state index in [2.05, 4.69) is 10.3 Å². The minimum absolute atomic E-state index is 0.0147. The normalized spacial score (nSPS) is 15.2. The largest absolute Gasteiger partial charge is 0.356 e. The van der Waals surface area contributed by atoms with Gasteiger partial charge in [0.25, 0.3) is 5.56 Å². The zero-order valence-corrected chi connectivity index (χ0v) is 14.1. The van der Waals surface area contributed by atoms with Crippen LogP contribution in [0.25, 0.3) is 10.9 Å². The van der Waals surface area contributed by atoms with Crippen molar-refractivity contribution in [1.82, 2.24) is 14.9 Å². The van der Waals surface area contributed by atoms with E-state index >= 15 is 0 Å². The number of rotatable bonds is 5. The number of hydrogen-bond acceptors (Lipinski definition) is 4. The molecule has 0 saturated heterocycles. The van der Waals surface area contributed by atoms with Crippen LogP contribution in [0.5, 0.6) is 0 Å². The summed E-state index contributed by atoms with van der Waals surface area (Å²) < 4.78 is 1.82. The molecule has 1 aromatic heterocycles. The predicted octanol–water partition coefficient (Wildman–Crippen LogP) is 2.74. The van der Waals surface area contributed by atoms with Crippen LogP contribution in [-0.2, 0) is 4.79 Å². The van der Waals surface area contributed by atoms with E-state index in [1.165, 1.54) is 11.8 Å². The summed E-state index contributed by atoms with van der Waals surface area (Å²) >= 11 is 1.35. The molecule has 1 heterocycles. The highest BCUT2D eigenvalue weighted by molar-refractivity contribution is 7.99. The summed E-state index contributed by atoms with van der Waals surface area (Å²) in [6, 6.07) is 7.63. The summed E-state index contributed by atoms with van der Waals surface area (Å²) in [6.45, 7) is 2.51. The van der Waals surface area contributed by atoms with E-state index in [9.17, 15) is 9.59 Å². The second-order valence-electron chi connectivity index (χ2n) is 5.77. The summed E-state index contributed by atoms with van der Waals surface area (Å²) in [5.74, 6) is 0.253. The van der Waals surface area contributed by atoms with Crippen LogP contribution in [0, 0.1) is 0 Å². The number of thioether (sulfide) groups is 1. The number of para-hydroxylation sites is 1. The van der Waals surface area contributed by atoms with Crippen LogP contribution in [0.1, 0.15) is 38.6 Å². The molecule has 1 aromatic carbocycles. The van der Waals surface area contributed by atoms with Gasteiger partial charge in [-0.3, -0.25) is 14.2 Å². The van der Waals surface area contributed by atoms with Gasteiger partial charge in [0, 0.05) is 12.6 Å². The second-order valence-corrected chi connectivity index (χ2v) is 6.71. The van der Waals surface area contributed by atoms with Gasteiger partial charge in [0.1, 0.15) is 0 Å². The number of hydrogen-bond donors (Lipinski definition) is 1. The molecule has 1 N–H and O–H groups in total. The van der Waals surface area contributed by atoms with Crippen molar-refractivity contribution in [2.24, 2.45) is 0 Å². The molecule has 0 unspecified atom stereocenters.